The number of thiazole rings is 1. The minimum Gasteiger partial charge on any atom is -0.505 e. The standard InChI is InChI=1S/C13H15N3O2S/c1-3-9-7-15-13(19-9)8(2)16-12(18)11-10(17)5-4-6-14-11/h4-8,17H,3H2,1-2H3,(H,16,18). The van der Waals surface area contributed by atoms with Crippen LogP contribution in [-0.4, -0.2) is 21.0 Å². The van der Waals surface area contributed by atoms with Gasteiger partial charge >= 0.3 is 0 Å². The summed E-state index contributed by atoms with van der Waals surface area (Å²) in [4.78, 5) is 21.3. The number of aryl methyl sites for hydroxylation is 1. The third-order valence-electron chi connectivity index (χ3n) is 2.64. The Morgan fingerprint density at radius 2 is 2.32 bits per heavy atom. The molecule has 0 aliphatic carbocycles. The van der Waals surface area contributed by atoms with Gasteiger partial charge in [-0.15, -0.1) is 11.3 Å². The number of aromatic hydroxyl groups is 1. The fourth-order valence-corrected chi connectivity index (χ4v) is 2.44. The summed E-state index contributed by atoms with van der Waals surface area (Å²) in [7, 11) is 0. The first-order valence-corrected chi connectivity index (χ1v) is 6.83. The largest absolute Gasteiger partial charge is 0.505 e. The van der Waals surface area contributed by atoms with E-state index in [0.29, 0.717) is 0 Å². The normalized spacial score (nSPS) is 12.1. The van der Waals surface area contributed by atoms with Gasteiger partial charge in [0.25, 0.3) is 5.91 Å². The van der Waals surface area contributed by atoms with Crippen molar-refractivity contribution in [2.45, 2.75) is 26.3 Å². The molecular formula is C13H15N3O2S. The Morgan fingerprint density at radius 3 is 2.95 bits per heavy atom. The summed E-state index contributed by atoms with van der Waals surface area (Å²) in [6.45, 7) is 3.92. The van der Waals surface area contributed by atoms with Gasteiger partial charge in [-0.3, -0.25) is 4.79 Å². The Morgan fingerprint density at radius 1 is 1.53 bits per heavy atom. The fourth-order valence-electron chi connectivity index (χ4n) is 1.58. The predicted octanol–water partition coefficient (Wildman–Crippen LogP) is 2.30. The summed E-state index contributed by atoms with van der Waals surface area (Å²) >= 11 is 1.57. The number of rotatable bonds is 4. The van der Waals surface area contributed by atoms with Crippen LogP contribution < -0.4 is 5.32 Å². The number of carbonyl (C=O) groups is 1. The molecule has 0 saturated heterocycles. The number of carbonyl (C=O) groups excluding carboxylic acids is 1. The lowest BCUT2D eigenvalue weighted by Gasteiger charge is -2.11. The fraction of sp³-hybridized carbons (Fsp3) is 0.308. The molecule has 0 aliphatic heterocycles. The maximum atomic E-state index is 12.0. The van der Waals surface area contributed by atoms with Crippen LogP contribution in [0.3, 0.4) is 0 Å². The van der Waals surface area contributed by atoms with Crippen molar-refractivity contribution >= 4 is 17.2 Å². The topological polar surface area (TPSA) is 75.1 Å². The molecule has 0 aromatic carbocycles. The van der Waals surface area contributed by atoms with Crippen molar-refractivity contribution in [2.24, 2.45) is 0 Å². The number of pyridine rings is 1. The molecule has 0 aliphatic rings. The highest BCUT2D eigenvalue weighted by Crippen LogP contribution is 2.21. The van der Waals surface area contributed by atoms with Crippen molar-refractivity contribution in [1.29, 1.82) is 0 Å². The van der Waals surface area contributed by atoms with Crippen LogP contribution in [0, 0.1) is 0 Å². The second kappa shape index (κ2) is 5.79. The SMILES string of the molecule is CCc1cnc(C(C)NC(=O)c2ncccc2O)s1. The molecule has 2 N–H and O–H groups in total. The van der Waals surface area contributed by atoms with Crippen molar-refractivity contribution < 1.29 is 9.90 Å². The maximum Gasteiger partial charge on any atom is 0.274 e. The zero-order valence-corrected chi connectivity index (χ0v) is 11.6. The monoisotopic (exact) mass is 277 g/mol. The zero-order valence-electron chi connectivity index (χ0n) is 10.8. The van der Waals surface area contributed by atoms with Crippen LogP contribution in [0.25, 0.3) is 0 Å². The lowest BCUT2D eigenvalue weighted by Crippen LogP contribution is -2.27. The molecule has 0 radical (unpaired) electrons. The number of nitrogens with zero attached hydrogens (tertiary/aromatic N) is 2. The summed E-state index contributed by atoms with van der Waals surface area (Å²) in [6.07, 6.45) is 4.22. The van der Waals surface area contributed by atoms with E-state index in [4.69, 9.17) is 0 Å². The molecule has 6 heteroatoms. The van der Waals surface area contributed by atoms with Crippen LogP contribution in [0.15, 0.2) is 24.5 Å². The van der Waals surface area contributed by atoms with E-state index in [1.54, 1.807) is 17.4 Å². The maximum absolute atomic E-state index is 12.0. The highest BCUT2D eigenvalue weighted by atomic mass is 32.1. The summed E-state index contributed by atoms with van der Waals surface area (Å²) in [5.74, 6) is -0.528. The van der Waals surface area contributed by atoms with E-state index in [1.165, 1.54) is 17.1 Å². The second-order valence-corrected chi connectivity index (χ2v) is 5.23. The summed E-state index contributed by atoms with van der Waals surface area (Å²) in [6, 6.07) is 2.80. The minimum atomic E-state index is -0.404. The summed E-state index contributed by atoms with van der Waals surface area (Å²) in [5, 5.41) is 13.2. The van der Waals surface area contributed by atoms with Gasteiger partial charge in [0.2, 0.25) is 0 Å². The molecule has 2 rings (SSSR count). The third-order valence-corrected chi connectivity index (χ3v) is 3.96. The summed E-state index contributed by atoms with van der Waals surface area (Å²) in [5.41, 5.74) is 0.0293. The molecule has 100 valence electrons. The molecule has 2 aromatic rings. The molecule has 0 fully saturated rings. The van der Waals surface area contributed by atoms with Crippen LogP contribution in [0.4, 0.5) is 0 Å². The van der Waals surface area contributed by atoms with Gasteiger partial charge in [0.1, 0.15) is 10.8 Å². The molecule has 0 bridgehead atoms. The van der Waals surface area contributed by atoms with Gasteiger partial charge in [0, 0.05) is 17.3 Å². The van der Waals surface area contributed by atoms with Crippen molar-refractivity contribution in [1.82, 2.24) is 15.3 Å². The molecule has 5 nitrogen and oxygen atoms in total. The van der Waals surface area contributed by atoms with Gasteiger partial charge in [-0.25, -0.2) is 9.97 Å². The Balaban J connectivity index is 2.08. The van der Waals surface area contributed by atoms with Crippen LogP contribution in [0.2, 0.25) is 0 Å². The second-order valence-electron chi connectivity index (χ2n) is 4.08. The van der Waals surface area contributed by atoms with Crippen LogP contribution in [-0.2, 0) is 6.42 Å². The Bertz CT molecular complexity index is 583. The zero-order chi connectivity index (χ0) is 13.8. The highest BCUT2D eigenvalue weighted by Gasteiger charge is 2.17. The number of hydrogen-bond acceptors (Lipinski definition) is 5. The van der Waals surface area contributed by atoms with Gasteiger partial charge < -0.3 is 10.4 Å². The molecule has 19 heavy (non-hydrogen) atoms. The number of hydrogen-bond donors (Lipinski definition) is 2. The lowest BCUT2D eigenvalue weighted by atomic mass is 10.3. The highest BCUT2D eigenvalue weighted by molar-refractivity contribution is 7.11. The first-order chi connectivity index (χ1) is 9.11. The van der Waals surface area contributed by atoms with Crippen molar-refractivity contribution in [3.05, 3.63) is 40.1 Å². The predicted molar refractivity (Wildman–Crippen MR) is 73.3 cm³/mol. The molecule has 1 amide bonds. The molecule has 2 heterocycles. The first kappa shape index (κ1) is 13.5. The number of amides is 1. The lowest BCUT2D eigenvalue weighted by molar-refractivity contribution is 0.0932. The van der Waals surface area contributed by atoms with Crippen molar-refractivity contribution in [3.63, 3.8) is 0 Å². The van der Waals surface area contributed by atoms with Crippen LogP contribution in [0.1, 0.15) is 40.3 Å². The molecule has 0 spiro atoms. The molecule has 1 unspecified atom stereocenters. The van der Waals surface area contributed by atoms with E-state index < -0.39 is 5.91 Å². The smallest absolute Gasteiger partial charge is 0.274 e. The van der Waals surface area contributed by atoms with Crippen LogP contribution in [0.5, 0.6) is 5.75 Å². The molecule has 2 aromatic heterocycles. The van der Waals surface area contributed by atoms with Gasteiger partial charge in [-0.2, -0.15) is 0 Å². The van der Waals surface area contributed by atoms with E-state index in [0.717, 1.165) is 11.4 Å². The summed E-state index contributed by atoms with van der Waals surface area (Å²) < 4.78 is 0. The average molecular weight is 277 g/mol. The van der Waals surface area contributed by atoms with E-state index in [1.807, 2.05) is 13.1 Å². The van der Waals surface area contributed by atoms with Gasteiger partial charge in [0.05, 0.1) is 6.04 Å². The van der Waals surface area contributed by atoms with Crippen molar-refractivity contribution in [2.75, 3.05) is 0 Å². The molecule has 0 saturated carbocycles. The quantitative estimate of drug-likeness (QED) is 0.899. The van der Waals surface area contributed by atoms with E-state index in [2.05, 4.69) is 22.2 Å². The van der Waals surface area contributed by atoms with Crippen LogP contribution >= 0.6 is 11.3 Å². The Labute approximate surface area is 115 Å². The minimum absolute atomic E-state index is 0.0293. The van der Waals surface area contributed by atoms with Crippen molar-refractivity contribution in [3.8, 4) is 5.75 Å². The van der Waals surface area contributed by atoms with E-state index in [-0.39, 0.29) is 17.5 Å². The first-order valence-electron chi connectivity index (χ1n) is 6.01. The molecular weight excluding hydrogens is 262 g/mol. The number of nitrogens with one attached hydrogen (secondary N) is 1. The molecule has 1 atom stereocenters. The Kier molecular flexibility index (Phi) is 4.11. The third kappa shape index (κ3) is 3.08. The van der Waals surface area contributed by atoms with Gasteiger partial charge in [-0.1, -0.05) is 6.92 Å². The van der Waals surface area contributed by atoms with E-state index >= 15 is 0 Å². The van der Waals surface area contributed by atoms with Gasteiger partial charge in [-0.05, 0) is 25.5 Å². The van der Waals surface area contributed by atoms with Gasteiger partial charge in [0.15, 0.2) is 5.69 Å². The number of aromatic nitrogens is 2. The Hall–Kier alpha value is -1.95. The van der Waals surface area contributed by atoms with E-state index in [9.17, 15) is 9.90 Å². The average Bonchev–Trinajstić information content (AvgIpc) is 2.88.